The van der Waals surface area contributed by atoms with Gasteiger partial charge >= 0.3 is 17.9 Å². The molecular formula is C44H79NO6. The van der Waals surface area contributed by atoms with Gasteiger partial charge < -0.3 is 19.1 Å². The first kappa shape index (κ1) is 46.9. The summed E-state index contributed by atoms with van der Waals surface area (Å²) in [5.74, 6) is -0.961. The summed E-state index contributed by atoms with van der Waals surface area (Å²) >= 11 is 0. The van der Waals surface area contributed by atoms with Gasteiger partial charge in [-0.2, -0.15) is 0 Å². The molecular weight excluding hydrogens is 638 g/mol. The quantitative estimate of drug-likeness (QED) is 0.121. The second-order valence-electron chi connectivity index (χ2n) is 15.1. The van der Waals surface area contributed by atoms with Crippen molar-refractivity contribution in [2.75, 3.05) is 33.9 Å². The van der Waals surface area contributed by atoms with Gasteiger partial charge in [0.25, 0.3) is 0 Å². The third-order valence-electron chi connectivity index (χ3n) is 9.76. The third-order valence-corrected chi connectivity index (χ3v) is 9.76. The maximum Gasteiger partial charge on any atom is 0.317 e. The van der Waals surface area contributed by atoms with E-state index in [9.17, 15) is 14.4 Å². The number of ether oxygens (including phenoxy) is 3. The number of hydrogen-bond donors (Lipinski definition) is 0. The Morgan fingerprint density at radius 1 is 0.569 bits per heavy atom. The van der Waals surface area contributed by atoms with Crippen molar-refractivity contribution in [3.63, 3.8) is 0 Å². The van der Waals surface area contributed by atoms with Crippen LogP contribution >= 0.6 is 0 Å². The summed E-state index contributed by atoms with van der Waals surface area (Å²) in [6.07, 6.45) is 43.0. The fourth-order valence-electron chi connectivity index (χ4n) is 6.58. The highest BCUT2D eigenvalue weighted by Crippen LogP contribution is 2.18. The van der Waals surface area contributed by atoms with E-state index in [1.807, 2.05) is 14.1 Å². The summed E-state index contributed by atoms with van der Waals surface area (Å²) in [7, 11) is 4.10. The molecule has 0 N–H and O–H groups in total. The maximum absolute atomic E-state index is 12.6. The molecule has 0 aromatic carbocycles. The van der Waals surface area contributed by atoms with Crippen molar-refractivity contribution < 1.29 is 28.6 Å². The van der Waals surface area contributed by atoms with Crippen LogP contribution in [0.25, 0.3) is 0 Å². The fourth-order valence-corrected chi connectivity index (χ4v) is 6.58. The minimum atomic E-state index is -0.474. The lowest BCUT2D eigenvalue weighted by atomic mass is 10.0. The molecule has 1 heterocycles. The van der Waals surface area contributed by atoms with Gasteiger partial charge in [0, 0.05) is 6.42 Å². The Bertz CT molecular complexity index is 829. The second-order valence-corrected chi connectivity index (χ2v) is 15.1. The molecule has 51 heavy (non-hydrogen) atoms. The lowest BCUT2D eigenvalue weighted by Gasteiger charge is -2.18. The molecule has 0 atom stereocenters. The lowest BCUT2D eigenvalue weighted by molar-refractivity contribution is -0.155. The summed E-state index contributed by atoms with van der Waals surface area (Å²) in [6, 6.07) is 0. The van der Waals surface area contributed by atoms with Gasteiger partial charge in [-0.1, -0.05) is 114 Å². The maximum atomic E-state index is 12.6. The van der Waals surface area contributed by atoms with Crippen molar-refractivity contribution in [3.05, 3.63) is 24.3 Å². The highest BCUT2D eigenvalue weighted by Gasteiger charge is 2.15. The third kappa shape index (κ3) is 34.7. The normalized spacial score (nSPS) is 22.2. The van der Waals surface area contributed by atoms with E-state index in [1.54, 1.807) is 0 Å². The Labute approximate surface area is 314 Å². The molecule has 1 aliphatic heterocycles. The van der Waals surface area contributed by atoms with Gasteiger partial charge in [0.1, 0.15) is 12.5 Å². The molecule has 0 radical (unpaired) electrons. The van der Waals surface area contributed by atoms with Gasteiger partial charge in [0.2, 0.25) is 0 Å². The lowest BCUT2D eigenvalue weighted by Crippen LogP contribution is -2.20. The molecule has 0 saturated carbocycles. The first-order valence-corrected chi connectivity index (χ1v) is 21.4. The molecule has 0 saturated heterocycles. The average molecular weight is 718 g/mol. The number of nitrogens with zero attached hydrogens (tertiary/aromatic N) is 1. The van der Waals surface area contributed by atoms with Crippen LogP contribution in [0.5, 0.6) is 0 Å². The van der Waals surface area contributed by atoms with E-state index in [-0.39, 0.29) is 18.5 Å². The molecule has 0 amide bonds. The zero-order valence-electron chi connectivity index (χ0n) is 33.3. The molecule has 7 heteroatoms. The summed E-state index contributed by atoms with van der Waals surface area (Å²) < 4.78 is 16.5. The molecule has 0 aliphatic carbocycles. The van der Waals surface area contributed by atoms with Gasteiger partial charge in [0.15, 0.2) is 0 Å². The molecule has 296 valence electrons. The zero-order chi connectivity index (χ0) is 36.9. The minimum Gasteiger partial charge on any atom is -0.465 e. The average Bonchev–Trinajstić information content (AvgIpc) is 3.09. The van der Waals surface area contributed by atoms with E-state index < -0.39 is 11.9 Å². The van der Waals surface area contributed by atoms with E-state index in [0.29, 0.717) is 19.6 Å². The molecule has 1 aliphatic rings. The van der Waals surface area contributed by atoms with E-state index in [2.05, 4.69) is 29.2 Å². The predicted molar refractivity (Wildman–Crippen MR) is 212 cm³/mol. The number of carbonyl (C=O) groups excluding carboxylic acids is 3. The Morgan fingerprint density at radius 3 is 1.31 bits per heavy atom. The molecule has 0 spiro atoms. The van der Waals surface area contributed by atoms with Crippen LogP contribution in [0.3, 0.4) is 0 Å². The molecule has 0 aromatic heterocycles. The van der Waals surface area contributed by atoms with Crippen LogP contribution in [-0.4, -0.2) is 62.8 Å². The van der Waals surface area contributed by atoms with Gasteiger partial charge in [-0.3, -0.25) is 14.4 Å². The van der Waals surface area contributed by atoms with E-state index >= 15 is 0 Å². The van der Waals surface area contributed by atoms with Crippen molar-refractivity contribution >= 4 is 17.9 Å². The molecule has 0 unspecified atom stereocenters. The Balaban J connectivity index is 2.39. The molecule has 0 aromatic rings. The van der Waals surface area contributed by atoms with Gasteiger partial charge in [0.05, 0.1) is 13.2 Å². The number of rotatable bonds is 5. The Hall–Kier alpha value is -2.15. The summed E-state index contributed by atoms with van der Waals surface area (Å²) in [5, 5.41) is 0. The zero-order valence-corrected chi connectivity index (χ0v) is 33.3. The minimum absolute atomic E-state index is 0.0119. The number of hydrogen-bond acceptors (Lipinski definition) is 7. The topological polar surface area (TPSA) is 82.1 Å². The SMILES string of the molecule is CN(C)CCCC(=O)OC1CCCCCCCC/C=C\CCCCCCCOC(=O)CC(=O)OCCCCCCC/C=C\CCCCCCCC1. The highest BCUT2D eigenvalue weighted by molar-refractivity contribution is 5.91. The van der Waals surface area contributed by atoms with Crippen molar-refractivity contribution in [2.45, 2.75) is 205 Å². The Kier molecular flexibility index (Phi) is 33.3. The van der Waals surface area contributed by atoms with Crippen LogP contribution < -0.4 is 0 Å². The predicted octanol–water partition coefficient (Wildman–Crippen LogP) is 11.8. The first-order valence-electron chi connectivity index (χ1n) is 21.4. The van der Waals surface area contributed by atoms with E-state index in [4.69, 9.17) is 14.2 Å². The van der Waals surface area contributed by atoms with Crippen LogP contribution in [-0.2, 0) is 28.6 Å². The smallest absolute Gasteiger partial charge is 0.317 e. The molecule has 0 bridgehead atoms. The van der Waals surface area contributed by atoms with Crippen LogP contribution in [0.2, 0.25) is 0 Å². The molecule has 7 nitrogen and oxygen atoms in total. The number of allylic oxidation sites excluding steroid dienone is 4. The van der Waals surface area contributed by atoms with Crippen LogP contribution in [0.15, 0.2) is 24.3 Å². The van der Waals surface area contributed by atoms with Crippen LogP contribution in [0.1, 0.15) is 199 Å². The molecule has 1 rings (SSSR count). The summed E-state index contributed by atoms with van der Waals surface area (Å²) in [5.41, 5.74) is 0. The number of esters is 3. The van der Waals surface area contributed by atoms with Crippen LogP contribution in [0.4, 0.5) is 0 Å². The van der Waals surface area contributed by atoms with Crippen molar-refractivity contribution in [1.82, 2.24) is 4.90 Å². The highest BCUT2D eigenvalue weighted by atomic mass is 16.6. The van der Waals surface area contributed by atoms with Crippen molar-refractivity contribution in [3.8, 4) is 0 Å². The summed E-state index contributed by atoms with van der Waals surface area (Å²) in [6.45, 7) is 1.69. The first-order chi connectivity index (χ1) is 25.0. The monoisotopic (exact) mass is 718 g/mol. The second kappa shape index (κ2) is 36.2. The molecule has 0 fully saturated rings. The van der Waals surface area contributed by atoms with Gasteiger partial charge in [-0.15, -0.1) is 0 Å². The van der Waals surface area contributed by atoms with Crippen LogP contribution in [0, 0.1) is 0 Å². The van der Waals surface area contributed by atoms with E-state index in [1.165, 1.54) is 103 Å². The number of cyclic esters (lactones) is 2. The van der Waals surface area contributed by atoms with Gasteiger partial charge in [-0.05, 0) is 117 Å². The van der Waals surface area contributed by atoms with Gasteiger partial charge in [-0.25, -0.2) is 0 Å². The van der Waals surface area contributed by atoms with Crippen molar-refractivity contribution in [1.29, 1.82) is 0 Å². The Morgan fingerprint density at radius 2 is 0.922 bits per heavy atom. The standard InChI is InChI=1S/C44H79NO6/c1-45(2)37-33-36-42(46)51-41-34-29-25-21-17-13-9-5-3-7-11-15-19-23-27-31-38-49-43(47)40-44(48)50-39-32-28-24-20-16-12-8-4-6-10-14-18-22-26-30-35-41/h3-4,7-8,41H,5-6,9-40H2,1-2H3/b7-3-,8-4-. The van der Waals surface area contributed by atoms with E-state index in [0.717, 1.165) is 90.0 Å². The van der Waals surface area contributed by atoms with Crippen molar-refractivity contribution in [2.24, 2.45) is 0 Å². The number of carbonyl (C=O) groups is 3. The fraction of sp³-hybridized carbons (Fsp3) is 0.841. The summed E-state index contributed by atoms with van der Waals surface area (Å²) in [4.78, 5) is 38.5. The largest absolute Gasteiger partial charge is 0.465 e.